The number of benzene rings is 2. The van der Waals surface area contributed by atoms with Crippen molar-refractivity contribution >= 4 is 23.6 Å². The van der Waals surface area contributed by atoms with E-state index >= 15 is 0 Å². The Morgan fingerprint density at radius 1 is 1.19 bits per heavy atom. The topological polar surface area (TPSA) is 66.0 Å². The second-order valence-electron chi connectivity index (χ2n) is 6.52. The normalized spacial score (nSPS) is 13.8. The predicted molar refractivity (Wildman–Crippen MR) is 110 cm³/mol. The first-order chi connectivity index (χ1) is 13.2. The first-order valence-electron chi connectivity index (χ1n) is 9.34. The monoisotopic (exact) mass is 366 g/mol. The van der Waals surface area contributed by atoms with Crippen molar-refractivity contribution in [3.63, 3.8) is 0 Å². The Kier molecular flexibility index (Phi) is 6.30. The third-order valence-electron chi connectivity index (χ3n) is 4.52. The van der Waals surface area contributed by atoms with Crippen LogP contribution in [0.2, 0.25) is 0 Å². The fourth-order valence-corrected chi connectivity index (χ4v) is 3.10. The zero-order chi connectivity index (χ0) is 19.1. The summed E-state index contributed by atoms with van der Waals surface area (Å²) in [5.74, 6) is 0.773. The van der Waals surface area contributed by atoms with E-state index in [-0.39, 0.29) is 6.03 Å². The molecule has 0 atom stereocenters. The molecule has 6 heteroatoms. The molecule has 0 bridgehead atoms. The van der Waals surface area contributed by atoms with E-state index in [9.17, 15) is 4.79 Å². The fraction of sp³-hybridized carbons (Fsp3) is 0.333. The number of amides is 2. The molecule has 142 valence electrons. The number of rotatable bonds is 6. The Balaban J connectivity index is 1.52. The summed E-state index contributed by atoms with van der Waals surface area (Å²) in [6.45, 7) is 6.85. The van der Waals surface area contributed by atoms with Gasteiger partial charge in [-0.25, -0.2) is 10.2 Å². The van der Waals surface area contributed by atoms with E-state index in [1.165, 1.54) is 18.5 Å². The lowest BCUT2D eigenvalue weighted by molar-refractivity contribution is 0.252. The zero-order valence-electron chi connectivity index (χ0n) is 15.9. The lowest BCUT2D eigenvalue weighted by Gasteiger charge is -2.18. The number of hydrogen-bond acceptors (Lipinski definition) is 4. The summed E-state index contributed by atoms with van der Waals surface area (Å²) in [7, 11) is 0. The van der Waals surface area contributed by atoms with Gasteiger partial charge in [0.15, 0.2) is 0 Å². The van der Waals surface area contributed by atoms with E-state index in [1.807, 2.05) is 25.1 Å². The molecular weight excluding hydrogens is 340 g/mol. The summed E-state index contributed by atoms with van der Waals surface area (Å²) in [6.07, 6.45) is 4.19. The minimum Gasteiger partial charge on any atom is -0.494 e. The molecule has 0 spiro atoms. The van der Waals surface area contributed by atoms with Crippen molar-refractivity contribution < 1.29 is 9.53 Å². The minimum absolute atomic E-state index is 0.387. The van der Waals surface area contributed by atoms with Crippen LogP contribution >= 0.6 is 0 Å². The average molecular weight is 366 g/mol. The quantitative estimate of drug-likeness (QED) is 0.596. The fourth-order valence-electron chi connectivity index (χ4n) is 3.10. The summed E-state index contributed by atoms with van der Waals surface area (Å²) in [6, 6.07) is 13.1. The lowest BCUT2D eigenvalue weighted by Crippen LogP contribution is -2.24. The van der Waals surface area contributed by atoms with Crippen molar-refractivity contribution in [2.24, 2.45) is 5.10 Å². The van der Waals surface area contributed by atoms with E-state index in [1.54, 1.807) is 18.3 Å². The Bertz CT molecular complexity index is 796. The SMILES string of the molecule is CCOc1ccc(NC(=O)N/N=C/c2ccc(N3CCCC3)cc2C)cc1. The van der Waals surface area contributed by atoms with Crippen molar-refractivity contribution in [1.29, 1.82) is 0 Å². The number of carbonyl (C=O) groups is 1. The van der Waals surface area contributed by atoms with E-state index in [0.717, 1.165) is 30.0 Å². The first-order valence-corrected chi connectivity index (χ1v) is 9.34. The standard InChI is InChI=1S/C21H26N4O2/c1-3-27-20-10-7-18(8-11-20)23-21(26)24-22-15-17-6-9-19(14-16(17)2)25-12-4-5-13-25/h6-11,14-15H,3-5,12-13H2,1-2H3,(H2,23,24,26)/b22-15+. The van der Waals surface area contributed by atoms with Crippen LogP contribution in [0.15, 0.2) is 47.6 Å². The molecule has 1 saturated heterocycles. The van der Waals surface area contributed by atoms with Gasteiger partial charge < -0.3 is 15.0 Å². The summed E-state index contributed by atoms with van der Waals surface area (Å²) in [4.78, 5) is 14.4. The molecule has 2 amide bonds. The van der Waals surface area contributed by atoms with E-state index in [0.29, 0.717) is 12.3 Å². The van der Waals surface area contributed by atoms with Crippen molar-refractivity contribution in [3.8, 4) is 5.75 Å². The number of carbonyl (C=O) groups excluding carboxylic acids is 1. The largest absolute Gasteiger partial charge is 0.494 e. The second-order valence-corrected chi connectivity index (χ2v) is 6.52. The highest BCUT2D eigenvalue weighted by Gasteiger charge is 2.12. The lowest BCUT2D eigenvalue weighted by atomic mass is 10.1. The zero-order valence-corrected chi connectivity index (χ0v) is 15.9. The first kappa shape index (κ1) is 18.8. The molecule has 0 aromatic heterocycles. The molecule has 1 aliphatic heterocycles. The number of hydrogen-bond donors (Lipinski definition) is 2. The summed E-state index contributed by atoms with van der Waals surface area (Å²) >= 11 is 0. The van der Waals surface area contributed by atoms with Crippen LogP contribution in [0.3, 0.4) is 0 Å². The molecule has 2 aromatic rings. The Morgan fingerprint density at radius 2 is 1.93 bits per heavy atom. The molecule has 1 fully saturated rings. The van der Waals surface area contributed by atoms with Gasteiger partial charge in [-0.3, -0.25) is 0 Å². The van der Waals surface area contributed by atoms with Gasteiger partial charge in [0.25, 0.3) is 0 Å². The van der Waals surface area contributed by atoms with Crippen LogP contribution in [0.4, 0.5) is 16.2 Å². The molecule has 0 unspecified atom stereocenters. The van der Waals surface area contributed by atoms with Gasteiger partial charge in [-0.2, -0.15) is 5.10 Å². The number of urea groups is 1. The summed E-state index contributed by atoms with van der Waals surface area (Å²) in [5.41, 5.74) is 6.55. The maximum absolute atomic E-state index is 12.0. The van der Waals surface area contributed by atoms with Gasteiger partial charge in [0.1, 0.15) is 5.75 Å². The Labute approximate surface area is 160 Å². The van der Waals surface area contributed by atoms with E-state index in [2.05, 4.69) is 39.8 Å². The average Bonchev–Trinajstić information content (AvgIpc) is 3.20. The molecule has 2 aromatic carbocycles. The highest BCUT2D eigenvalue weighted by atomic mass is 16.5. The number of nitrogens with zero attached hydrogens (tertiary/aromatic N) is 2. The van der Waals surface area contributed by atoms with Gasteiger partial charge in [0.2, 0.25) is 0 Å². The van der Waals surface area contributed by atoms with Crippen molar-refractivity contribution in [2.45, 2.75) is 26.7 Å². The minimum atomic E-state index is -0.387. The van der Waals surface area contributed by atoms with Crippen molar-refractivity contribution in [1.82, 2.24) is 5.43 Å². The smallest absolute Gasteiger partial charge is 0.339 e. The van der Waals surface area contributed by atoms with Gasteiger partial charge in [-0.1, -0.05) is 6.07 Å². The van der Waals surface area contributed by atoms with Crippen LogP contribution in [0.25, 0.3) is 0 Å². The Hall–Kier alpha value is -3.02. The molecule has 1 aliphatic rings. The molecule has 0 saturated carbocycles. The number of ether oxygens (including phenoxy) is 1. The number of hydrazone groups is 1. The molecular formula is C21H26N4O2. The van der Waals surface area contributed by atoms with Gasteiger partial charge in [-0.15, -0.1) is 0 Å². The van der Waals surface area contributed by atoms with E-state index < -0.39 is 0 Å². The molecule has 27 heavy (non-hydrogen) atoms. The van der Waals surface area contributed by atoms with Crippen LogP contribution in [-0.2, 0) is 0 Å². The molecule has 6 nitrogen and oxygen atoms in total. The molecule has 3 rings (SSSR count). The van der Waals surface area contributed by atoms with Gasteiger partial charge in [-0.05, 0) is 74.2 Å². The predicted octanol–water partition coefficient (Wildman–Crippen LogP) is 4.15. The third kappa shape index (κ3) is 5.23. The maximum atomic E-state index is 12.0. The highest BCUT2D eigenvalue weighted by Crippen LogP contribution is 2.22. The van der Waals surface area contributed by atoms with Crippen LogP contribution in [-0.4, -0.2) is 31.9 Å². The molecule has 2 N–H and O–H groups in total. The third-order valence-corrected chi connectivity index (χ3v) is 4.52. The number of aryl methyl sites for hydroxylation is 1. The van der Waals surface area contributed by atoms with E-state index in [4.69, 9.17) is 4.74 Å². The van der Waals surface area contributed by atoms with Gasteiger partial charge >= 0.3 is 6.03 Å². The van der Waals surface area contributed by atoms with Crippen LogP contribution in [0, 0.1) is 6.92 Å². The summed E-state index contributed by atoms with van der Waals surface area (Å²) in [5, 5.41) is 6.78. The number of nitrogens with one attached hydrogen (secondary N) is 2. The number of anilines is 2. The van der Waals surface area contributed by atoms with Gasteiger partial charge in [0.05, 0.1) is 12.8 Å². The molecule has 0 radical (unpaired) electrons. The highest BCUT2D eigenvalue weighted by molar-refractivity contribution is 5.90. The van der Waals surface area contributed by atoms with Gasteiger partial charge in [0, 0.05) is 24.5 Å². The molecule has 1 heterocycles. The summed E-state index contributed by atoms with van der Waals surface area (Å²) < 4.78 is 5.38. The van der Waals surface area contributed by atoms with Crippen molar-refractivity contribution in [2.75, 3.05) is 29.9 Å². The molecule has 0 aliphatic carbocycles. The van der Waals surface area contributed by atoms with Crippen molar-refractivity contribution in [3.05, 3.63) is 53.6 Å². The second kappa shape index (κ2) is 9.07. The maximum Gasteiger partial charge on any atom is 0.339 e. The Morgan fingerprint density at radius 3 is 2.59 bits per heavy atom. The van der Waals surface area contributed by atoms with Crippen LogP contribution < -0.4 is 20.4 Å². The van der Waals surface area contributed by atoms with Crippen LogP contribution in [0.1, 0.15) is 30.9 Å². The van der Waals surface area contributed by atoms with Crippen LogP contribution in [0.5, 0.6) is 5.75 Å².